The third-order valence-electron chi connectivity index (χ3n) is 3.07. The number of nitrogens with zero attached hydrogens (tertiary/aromatic N) is 1. The minimum absolute atomic E-state index is 0. The second-order valence-corrected chi connectivity index (χ2v) is 5.12. The monoisotopic (exact) mass is 497 g/mol. The summed E-state index contributed by atoms with van der Waals surface area (Å²) in [6.45, 7) is 2.70. The molecule has 0 amide bonds. The first-order chi connectivity index (χ1) is 11.1. The zero-order valence-electron chi connectivity index (χ0n) is 13.5. The van der Waals surface area contributed by atoms with Gasteiger partial charge in [0.2, 0.25) is 0 Å². The predicted molar refractivity (Wildman–Crippen MR) is 92.8 cm³/mol. The summed E-state index contributed by atoms with van der Waals surface area (Å²) in [4.78, 5) is 24.6. The van der Waals surface area contributed by atoms with Gasteiger partial charge in [-0.2, -0.15) is 0 Å². The molecule has 0 unspecified atom stereocenters. The third kappa shape index (κ3) is 6.07. The van der Waals surface area contributed by atoms with Gasteiger partial charge in [-0.05, 0) is 26.0 Å². The van der Waals surface area contributed by atoms with Gasteiger partial charge in [0.05, 0.1) is 11.2 Å². The number of carbonyl (C=O) groups excluding carboxylic acids is 2. The molecule has 0 N–H and O–H groups in total. The van der Waals surface area contributed by atoms with E-state index in [2.05, 4.69) is 35.3 Å². The van der Waals surface area contributed by atoms with Crippen molar-refractivity contribution in [1.82, 2.24) is 4.98 Å². The van der Waals surface area contributed by atoms with Crippen LogP contribution in [0.3, 0.4) is 0 Å². The summed E-state index contributed by atoms with van der Waals surface area (Å²) in [6, 6.07) is 22.6. The molecule has 0 aliphatic carbocycles. The van der Waals surface area contributed by atoms with Crippen LogP contribution in [-0.4, -0.2) is 16.6 Å². The first-order valence-electron chi connectivity index (χ1n) is 7.33. The third-order valence-corrected chi connectivity index (χ3v) is 3.07. The molecule has 2 aromatic carbocycles. The van der Waals surface area contributed by atoms with E-state index in [-0.39, 0.29) is 31.7 Å². The van der Waals surface area contributed by atoms with Gasteiger partial charge in [0, 0.05) is 42.6 Å². The van der Waals surface area contributed by atoms with Crippen molar-refractivity contribution in [3.05, 3.63) is 73.2 Å². The molecule has 0 saturated carbocycles. The molecule has 1 radical (unpaired) electrons. The van der Waals surface area contributed by atoms with Crippen LogP contribution in [0.15, 0.2) is 66.7 Å². The first-order valence-corrected chi connectivity index (χ1v) is 7.33. The van der Waals surface area contributed by atoms with Crippen molar-refractivity contribution in [3.8, 4) is 11.3 Å². The standard InChI is InChI=1S/C15H11N.C5H7O2.Ir/c1-2-6-12(7-3-1)15-11-10-13-8-4-5-9-14(13)16-15;1-4(6)3-5(2)7;/h1-11H;3H,1-2H3;/q;-1;. The Hall–Kier alpha value is -2.29. The summed E-state index contributed by atoms with van der Waals surface area (Å²) in [5.41, 5.74) is 3.23. The molecule has 0 aliphatic heterocycles. The molecule has 0 aliphatic rings. The molecule has 125 valence electrons. The summed E-state index contributed by atoms with van der Waals surface area (Å²) in [6.07, 6.45) is 1.06. The number of ketones is 2. The molecule has 24 heavy (non-hydrogen) atoms. The van der Waals surface area contributed by atoms with Crippen molar-refractivity contribution in [2.24, 2.45) is 0 Å². The summed E-state index contributed by atoms with van der Waals surface area (Å²) in [5.74, 6) is -0.375. The zero-order valence-corrected chi connectivity index (χ0v) is 15.9. The van der Waals surface area contributed by atoms with Crippen LogP contribution in [0.2, 0.25) is 0 Å². The van der Waals surface area contributed by atoms with Crippen LogP contribution in [0.4, 0.5) is 0 Å². The van der Waals surface area contributed by atoms with Crippen LogP contribution in [-0.2, 0) is 29.7 Å². The van der Waals surface area contributed by atoms with Crippen LogP contribution in [0.5, 0.6) is 0 Å². The number of para-hydroxylation sites is 1. The molecule has 3 aromatic rings. The molecule has 1 aromatic heterocycles. The number of fused-ring (bicyclic) bond motifs is 1. The van der Waals surface area contributed by atoms with Gasteiger partial charge >= 0.3 is 0 Å². The van der Waals surface area contributed by atoms with Crippen molar-refractivity contribution in [2.75, 3.05) is 0 Å². The number of hydrogen-bond acceptors (Lipinski definition) is 3. The number of carbonyl (C=O) groups is 2. The molecule has 0 atom stereocenters. The van der Waals surface area contributed by atoms with Crippen molar-refractivity contribution < 1.29 is 29.7 Å². The molecule has 0 bridgehead atoms. The van der Waals surface area contributed by atoms with Gasteiger partial charge < -0.3 is 9.59 Å². The Kier molecular flexibility index (Phi) is 8.03. The van der Waals surface area contributed by atoms with Gasteiger partial charge in [-0.15, -0.1) is 0 Å². The van der Waals surface area contributed by atoms with E-state index in [0.29, 0.717) is 0 Å². The maximum Gasteiger partial charge on any atom is 0.0709 e. The number of aromatic nitrogens is 1. The van der Waals surface area contributed by atoms with E-state index in [9.17, 15) is 9.59 Å². The fourth-order valence-corrected chi connectivity index (χ4v) is 2.12. The van der Waals surface area contributed by atoms with Gasteiger partial charge in [-0.1, -0.05) is 54.6 Å². The Bertz CT molecular complexity index is 804. The number of rotatable bonds is 3. The summed E-state index contributed by atoms with van der Waals surface area (Å²) in [7, 11) is 0. The average Bonchev–Trinajstić information content (AvgIpc) is 2.54. The second kappa shape index (κ2) is 9.76. The summed E-state index contributed by atoms with van der Waals surface area (Å²) in [5, 5.41) is 1.18. The number of hydrogen-bond donors (Lipinski definition) is 0. The van der Waals surface area contributed by atoms with Crippen molar-refractivity contribution >= 4 is 22.5 Å². The molecule has 3 nitrogen and oxygen atoms in total. The summed E-state index contributed by atoms with van der Waals surface area (Å²) < 4.78 is 0. The van der Waals surface area contributed by atoms with E-state index in [0.717, 1.165) is 23.2 Å². The van der Waals surface area contributed by atoms with Crippen molar-refractivity contribution in [3.63, 3.8) is 0 Å². The Morgan fingerprint density at radius 3 is 1.96 bits per heavy atom. The van der Waals surface area contributed by atoms with Crippen LogP contribution >= 0.6 is 0 Å². The SMILES string of the molecule is CC(=O)[CH-]C(C)=O.[Ir].c1ccc(-c2ccc3ccccc3n2)cc1. The van der Waals surface area contributed by atoms with E-state index in [4.69, 9.17) is 0 Å². The van der Waals surface area contributed by atoms with Gasteiger partial charge in [-0.25, -0.2) is 4.98 Å². The number of benzene rings is 2. The number of pyridine rings is 1. The van der Waals surface area contributed by atoms with E-state index >= 15 is 0 Å². The minimum atomic E-state index is -0.187. The summed E-state index contributed by atoms with van der Waals surface area (Å²) >= 11 is 0. The van der Waals surface area contributed by atoms with Crippen LogP contribution in [0.1, 0.15) is 13.8 Å². The second-order valence-electron chi connectivity index (χ2n) is 5.12. The average molecular weight is 497 g/mol. The van der Waals surface area contributed by atoms with Gasteiger partial charge in [-0.3, -0.25) is 6.42 Å². The first kappa shape index (κ1) is 19.8. The fourth-order valence-electron chi connectivity index (χ4n) is 2.12. The van der Waals surface area contributed by atoms with E-state index in [1.807, 2.05) is 36.4 Å². The maximum atomic E-state index is 9.98. The molecular weight excluding hydrogens is 478 g/mol. The molecule has 0 saturated heterocycles. The van der Waals surface area contributed by atoms with Gasteiger partial charge in [0.25, 0.3) is 0 Å². The zero-order chi connectivity index (χ0) is 16.7. The molecule has 0 spiro atoms. The van der Waals surface area contributed by atoms with E-state index in [1.165, 1.54) is 19.2 Å². The molecule has 4 heteroatoms. The topological polar surface area (TPSA) is 47.0 Å². The minimum Gasteiger partial charge on any atom is -0.334 e. The molecule has 3 rings (SSSR count). The Balaban J connectivity index is 0.000000312. The quantitative estimate of drug-likeness (QED) is 0.402. The number of Topliss-reactive ketones (excluding diaryl/α,β-unsaturated/α-hetero) is 2. The Labute approximate surface area is 155 Å². The van der Waals surface area contributed by atoms with Crippen molar-refractivity contribution in [1.29, 1.82) is 0 Å². The van der Waals surface area contributed by atoms with Crippen molar-refractivity contribution in [2.45, 2.75) is 13.8 Å². The molecule has 0 fully saturated rings. The maximum absolute atomic E-state index is 9.98. The van der Waals surface area contributed by atoms with E-state index < -0.39 is 0 Å². The Morgan fingerprint density at radius 2 is 1.38 bits per heavy atom. The van der Waals surface area contributed by atoms with Gasteiger partial charge in [0.15, 0.2) is 0 Å². The molecule has 1 heterocycles. The van der Waals surface area contributed by atoms with Gasteiger partial charge in [0.1, 0.15) is 0 Å². The Morgan fingerprint density at radius 1 is 0.792 bits per heavy atom. The predicted octanol–water partition coefficient (Wildman–Crippen LogP) is 4.27. The van der Waals surface area contributed by atoms with E-state index in [1.54, 1.807) is 0 Å². The smallest absolute Gasteiger partial charge is 0.0709 e. The van der Waals surface area contributed by atoms with Crippen LogP contribution in [0.25, 0.3) is 22.2 Å². The van der Waals surface area contributed by atoms with Crippen LogP contribution in [0, 0.1) is 6.42 Å². The normalized spacial score (nSPS) is 9.25. The van der Waals surface area contributed by atoms with Crippen LogP contribution < -0.4 is 0 Å². The fraction of sp³-hybridized carbons (Fsp3) is 0.100. The largest absolute Gasteiger partial charge is 0.334 e. The molecular formula is C20H18IrNO2-.